The summed E-state index contributed by atoms with van der Waals surface area (Å²) in [6.07, 6.45) is 1.60. The first kappa shape index (κ1) is 10.7. The number of H-pyrrole nitrogens is 1. The Hall–Kier alpha value is -1.82. The maximum absolute atomic E-state index is 11.5. The molecule has 0 bridgehead atoms. The predicted octanol–water partition coefficient (Wildman–Crippen LogP) is -0.0282. The molecule has 2 aromatic heterocycles. The van der Waals surface area contributed by atoms with Gasteiger partial charge in [-0.05, 0) is 6.07 Å². The van der Waals surface area contributed by atoms with E-state index in [9.17, 15) is 9.59 Å². The molecule has 7 heteroatoms. The van der Waals surface area contributed by atoms with E-state index in [1.807, 2.05) is 0 Å². The average Bonchev–Trinajstić information content (AvgIpc) is 2.57. The summed E-state index contributed by atoms with van der Waals surface area (Å²) in [6, 6.07) is 2.90. The Morgan fingerprint density at radius 1 is 1.50 bits per heavy atom. The van der Waals surface area contributed by atoms with Crippen molar-refractivity contribution < 1.29 is 0 Å². The normalized spacial score (nSPS) is 10.6. The quantitative estimate of drug-likeness (QED) is 0.750. The van der Waals surface area contributed by atoms with Gasteiger partial charge in [0.1, 0.15) is 5.15 Å². The van der Waals surface area contributed by atoms with Gasteiger partial charge in [0, 0.05) is 19.3 Å². The Labute approximate surface area is 95.1 Å². The van der Waals surface area contributed by atoms with Crippen molar-refractivity contribution >= 4 is 11.6 Å². The number of aromatic amines is 1. The Morgan fingerprint density at radius 3 is 2.81 bits per heavy atom. The highest BCUT2D eigenvalue weighted by molar-refractivity contribution is 6.29. The van der Waals surface area contributed by atoms with Crippen LogP contribution >= 0.6 is 11.6 Å². The number of nitrogens with zero attached hydrogens (tertiary/aromatic N) is 3. The number of nitrogens with one attached hydrogen (secondary N) is 1. The zero-order chi connectivity index (χ0) is 11.7. The minimum atomic E-state index is -0.529. The van der Waals surface area contributed by atoms with E-state index < -0.39 is 11.2 Å². The Balaban J connectivity index is 2.47. The second kappa shape index (κ2) is 3.97. The molecule has 0 aromatic carbocycles. The molecule has 1 N–H and O–H groups in total. The largest absolute Gasteiger partial charge is 0.329 e. The lowest BCUT2D eigenvalue weighted by Gasteiger charge is -2.04. The van der Waals surface area contributed by atoms with Crippen molar-refractivity contribution in [2.75, 3.05) is 0 Å². The maximum Gasteiger partial charge on any atom is 0.329 e. The maximum atomic E-state index is 11.5. The van der Waals surface area contributed by atoms with Crippen LogP contribution in [-0.2, 0) is 13.6 Å². The van der Waals surface area contributed by atoms with Crippen molar-refractivity contribution in [3.8, 4) is 0 Å². The number of halogens is 1. The topological polar surface area (TPSA) is 72.7 Å². The van der Waals surface area contributed by atoms with Gasteiger partial charge < -0.3 is 0 Å². The van der Waals surface area contributed by atoms with Gasteiger partial charge in [-0.15, -0.1) is 0 Å². The number of rotatable bonds is 2. The molecule has 0 saturated heterocycles. The summed E-state index contributed by atoms with van der Waals surface area (Å²) < 4.78 is 2.66. The van der Waals surface area contributed by atoms with Gasteiger partial charge in [0.05, 0.1) is 12.2 Å². The highest BCUT2D eigenvalue weighted by atomic mass is 35.5. The lowest BCUT2D eigenvalue weighted by atomic mass is 10.4. The van der Waals surface area contributed by atoms with Gasteiger partial charge >= 0.3 is 5.69 Å². The average molecular weight is 241 g/mol. The van der Waals surface area contributed by atoms with Crippen LogP contribution in [0.15, 0.2) is 27.9 Å². The predicted molar refractivity (Wildman–Crippen MR) is 58.6 cm³/mol. The molecule has 2 rings (SSSR count). The number of hydrogen-bond donors (Lipinski definition) is 1. The van der Waals surface area contributed by atoms with Crippen LogP contribution in [0.4, 0.5) is 0 Å². The van der Waals surface area contributed by atoms with Crippen LogP contribution in [0.5, 0.6) is 0 Å². The van der Waals surface area contributed by atoms with E-state index in [0.717, 1.165) is 10.3 Å². The molecule has 0 aliphatic carbocycles. The van der Waals surface area contributed by atoms with E-state index in [-0.39, 0.29) is 11.7 Å². The third-order valence-electron chi connectivity index (χ3n) is 2.23. The second-order valence-electron chi connectivity index (χ2n) is 3.29. The second-order valence-corrected chi connectivity index (χ2v) is 3.70. The molecule has 0 atom stereocenters. The molecular formula is C9H9ClN4O2. The molecule has 16 heavy (non-hydrogen) atoms. The summed E-state index contributed by atoms with van der Waals surface area (Å²) in [4.78, 5) is 25.4. The first-order chi connectivity index (χ1) is 7.58. The van der Waals surface area contributed by atoms with Gasteiger partial charge in [-0.2, -0.15) is 5.10 Å². The molecule has 0 unspecified atom stereocenters. The highest BCUT2D eigenvalue weighted by Crippen LogP contribution is 1.98. The summed E-state index contributed by atoms with van der Waals surface area (Å²) in [7, 11) is 1.74. The lowest BCUT2D eigenvalue weighted by Crippen LogP contribution is -2.35. The van der Waals surface area contributed by atoms with Crippen molar-refractivity contribution in [1.29, 1.82) is 0 Å². The minimum absolute atomic E-state index is 0.0382. The zero-order valence-electron chi connectivity index (χ0n) is 8.48. The molecule has 2 heterocycles. The fraction of sp³-hybridized carbons (Fsp3) is 0.222. The summed E-state index contributed by atoms with van der Waals surface area (Å²) in [5.41, 5.74) is -0.205. The SMILES string of the molecule is Cn1nccc1Cn1c(=O)cc(Cl)[nH]c1=O. The van der Waals surface area contributed by atoms with Gasteiger partial charge in [0.15, 0.2) is 0 Å². The van der Waals surface area contributed by atoms with E-state index in [1.54, 1.807) is 24.0 Å². The van der Waals surface area contributed by atoms with E-state index in [2.05, 4.69) is 10.1 Å². The van der Waals surface area contributed by atoms with E-state index in [0.29, 0.717) is 0 Å². The number of aryl methyl sites for hydroxylation is 1. The fourth-order valence-corrected chi connectivity index (χ4v) is 1.53. The van der Waals surface area contributed by atoms with Crippen molar-refractivity contribution in [2.24, 2.45) is 7.05 Å². The van der Waals surface area contributed by atoms with Crippen LogP contribution in [0.25, 0.3) is 0 Å². The van der Waals surface area contributed by atoms with E-state index >= 15 is 0 Å². The Kier molecular flexibility index (Phi) is 2.66. The molecule has 0 fully saturated rings. The summed E-state index contributed by atoms with van der Waals surface area (Å²) in [5, 5.41) is 3.99. The molecule has 0 aliphatic heterocycles. The van der Waals surface area contributed by atoms with E-state index in [1.165, 1.54) is 6.07 Å². The molecule has 2 aromatic rings. The smallest absolute Gasteiger partial charge is 0.298 e. The van der Waals surface area contributed by atoms with Crippen LogP contribution in [-0.4, -0.2) is 19.3 Å². The first-order valence-corrected chi connectivity index (χ1v) is 4.92. The van der Waals surface area contributed by atoms with Gasteiger partial charge in [-0.25, -0.2) is 4.79 Å². The summed E-state index contributed by atoms with van der Waals surface area (Å²) in [6.45, 7) is 0.168. The lowest BCUT2D eigenvalue weighted by molar-refractivity contribution is 0.629. The third-order valence-corrected chi connectivity index (χ3v) is 2.43. The molecule has 6 nitrogen and oxygen atoms in total. The molecule has 0 radical (unpaired) electrons. The van der Waals surface area contributed by atoms with Crippen molar-refractivity contribution in [3.05, 3.63) is 50.0 Å². The van der Waals surface area contributed by atoms with Crippen LogP contribution in [0, 0.1) is 0 Å². The fourth-order valence-electron chi connectivity index (χ4n) is 1.36. The molecule has 0 amide bonds. The number of hydrogen-bond acceptors (Lipinski definition) is 3. The van der Waals surface area contributed by atoms with Gasteiger partial charge in [-0.3, -0.25) is 19.0 Å². The van der Waals surface area contributed by atoms with Crippen LogP contribution < -0.4 is 11.2 Å². The molecule has 0 spiro atoms. The minimum Gasteiger partial charge on any atom is -0.298 e. The van der Waals surface area contributed by atoms with E-state index in [4.69, 9.17) is 11.6 Å². The third kappa shape index (κ3) is 1.92. The van der Waals surface area contributed by atoms with Crippen molar-refractivity contribution in [2.45, 2.75) is 6.54 Å². The molecular weight excluding hydrogens is 232 g/mol. The highest BCUT2D eigenvalue weighted by Gasteiger charge is 2.06. The van der Waals surface area contributed by atoms with Gasteiger partial charge in [0.25, 0.3) is 5.56 Å². The molecule has 0 aliphatic rings. The van der Waals surface area contributed by atoms with Crippen LogP contribution in [0.3, 0.4) is 0 Å². The summed E-state index contributed by atoms with van der Waals surface area (Å²) >= 11 is 5.55. The monoisotopic (exact) mass is 240 g/mol. The molecule has 84 valence electrons. The standard InChI is InChI=1S/C9H9ClN4O2/c1-13-6(2-3-11-13)5-14-8(15)4-7(10)12-9(14)16/h2-4H,5H2,1H3,(H,12,16). The van der Waals surface area contributed by atoms with Gasteiger partial charge in [-0.1, -0.05) is 11.6 Å². The Bertz CT molecular complexity index is 594. The van der Waals surface area contributed by atoms with Crippen molar-refractivity contribution in [1.82, 2.24) is 19.3 Å². The summed E-state index contributed by atoms with van der Waals surface area (Å²) in [5.74, 6) is 0. The van der Waals surface area contributed by atoms with Crippen LogP contribution in [0.1, 0.15) is 5.69 Å². The van der Waals surface area contributed by atoms with Crippen LogP contribution in [0.2, 0.25) is 5.15 Å². The first-order valence-electron chi connectivity index (χ1n) is 4.54. The molecule has 0 saturated carbocycles. The zero-order valence-corrected chi connectivity index (χ0v) is 9.23. The van der Waals surface area contributed by atoms with Crippen molar-refractivity contribution in [3.63, 3.8) is 0 Å². The van der Waals surface area contributed by atoms with Gasteiger partial charge in [0.2, 0.25) is 0 Å². The Morgan fingerprint density at radius 2 is 2.25 bits per heavy atom. The number of aromatic nitrogens is 4.